The van der Waals surface area contributed by atoms with Gasteiger partial charge in [0.1, 0.15) is 0 Å². The first-order valence-corrected chi connectivity index (χ1v) is 14.5. The monoisotopic (exact) mass is 683 g/mol. The molecular weight excluding hydrogens is 656 g/mol. The van der Waals surface area contributed by atoms with Gasteiger partial charge < -0.3 is 5.73 Å². The summed E-state index contributed by atoms with van der Waals surface area (Å²) in [6.45, 7) is 3.11. The second-order valence-corrected chi connectivity index (χ2v) is 11.1. The minimum Gasteiger partial charge on any atom is -0.399 e. The number of aryl methyl sites for hydroxylation is 2. The second-order valence-electron chi connectivity index (χ2n) is 10.2. The van der Waals surface area contributed by atoms with E-state index >= 15 is 0 Å². The van der Waals surface area contributed by atoms with Gasteiger partial charge in [0.2, 0.25) is 0 Å². The summed E-state index contributed by atoms with van der Waals surface area (Å²) < 4.78 is 78.7. The van der Waals surface area contributed by atoms with Crippen LogP contribution < -0.4 is 5.73 Å². The average Bonchev–Trinajstić information content (AvgIpc) is 2.96. The second kappa shape index (κ2) is 14.1. The zero-order valence-electron chi connectivity index (χ0n) is 24.2. The van der Waals surface area contributed by atoms with Crippen molar-refractivity contribution in [1.82, 2.24) is 9.97 Å². The molecule has 0 amide bonds. The van der Waals surface area contributed by atoms with Crippen molar-refractivity contribution in [2.75, 3.05) is 5.73 Å². The van der Waals surface area contributed by atoms with Gasteiger partial charge in [-0.1, -0.05) is 82.7 Å². The fourth-order valence-electron chi connectivity index (χ4n) is 4.61. The molecule has 0 unspecified atom stereocenters. The quantitative estimate of drug-likeness (QED) is 0.146. The Balaban J connectivity index is 0.000000174. The van der Waals surface area contributed by atoms with E-state index in [2.05, 4.69) is 25.9 Å². The van der Waals surface area contributed by atoms with E-state index in [4.69, 9.17) is 5.73 Å². The van der Waals surface area contributed by atoms with E-state index in [9.17, 15) is 26.3 Å². The van der Waals surface area contributed by atoms with Crippen molar-refractivity contribution in [3.05, 3.63) is 147 Å². The lowest BCUT2D eigenvalue weighted by Gasteiger charge is -2.12. The highest BCUT2D eigenvalue weighted by Gasteiger charge is 2.34. The predicted molar refractivity (Wildman–Crippen MR) is 171 cm³/mol. The number of rotatable bonds is 2. The molecule has 0 atom stereocenters. The van der Waals surface area contributed by atoms with E-state index < -0.39 is 23.5 Å². The fourth-order valence-corrected chi connectivity index (χ4v) is 4.91. The van der Waals surface area contributed by atoms with Gasteiger partial charge >= 0.3 is 12.4 Å². The molecular formula is C35H28BrF6N3. The van der Waals surface area contributed by atoms with Crippen LogP contribution in [0.4, 0.5) is 32.0 Å². The molecule has 0 saturated heterocycles. The topological polar surface area (TPSA) is 51.8 Å². The molecule has 2 aromatic heterocycles. The van der Waals surface area contributed by atoms with Crippen LogP contribution in [0.3, 0.4) is 0 Å². The molecule has 0 fully saturated rings. The third-order valence-electron chi connectivity index (χ3n) is 6.56. The molecule has 10 heteroatoms. The van der Waals surface area contributed by atoms with Crippen LogP contribution in [0.2, 0.25) is 0 Å². The van der Waals surface area contributed by atoms with Gasteiger partial charge in [-0.15, -0.1) is 0 Å². The number of alkyl halides is 6. The first kappa shape index (κ1) is 33.5. The summed E-state index contributed by atoms with van der Waals surface area (Å²) in [6.07, 6.45) is -8.07. The lowest BCUT2D eigenvalue weighted by molar-refractivity contribution is -0.137. The Morgan fingerprint density at radius 1 is 0.578 bits per heavy atom. The van der Waals surface area contributed by atoms with E-state index in [0.717, 1.165) is 27.7 Å². The molecule has 0 bridgehead atoms. The van der Waals surface area contributed by atoms with Crippen LogP contribution in [0.5, 0.6) is 0 Å². The van der Waals surface area contributed by atoms with Crippen molar-refractivity contribution in [2.45, 2.75) is 32.6 Å². The zero-order valence-corrected chi connectivity index (χ0v) is 25.8. The summed E-state index contributed by atoms with van der Waals surface area (Å²) in [4.78, 5) is 8.28. The summed E-state index contributed by atoms with van der Waals surface area (Å²) in [5.41, 5.74) is 8.04. The zero-order chi connectivity index (χ0) is 32.8. The number of aromatic nitrogens is 2. The number of anilines is 1. The van der Waals surface area contributed by atoms with E-state index in [0.29, 0.717) is 29.0 Å². The van der Waals surface area contributed by atoms with Gasteiger partial charge in [0.25, 0.3) is 0 Å². The van der Waals surface area contributed by atoms with Crippen molar-refractivity contribution in [3.63, 3.8) is 0 Å². The van der Waals surface area contributed by atoms with Crippen molar-refractivity contribution >= 4 is 43.4 Å². The van der Waals surface area contributed by atoms with Crippen LogP contribution in [0, 0.1) is 13.8 Å². The Morgan fingerprint density at radius 2 is 1.04 bits per heavy atom. The Labute approximate surface area is 264 Å². The molecule has 6 aromatic rings. The average molecular weight is 685 g/mol. The Bertz CT molecular complexity index is 1890. The molecule has 232 valence electrons. The third-order valence-corrected chi connectivity index (χ3v) is 7.09. The van der Waals surface area contributed by atoms with Crippen LogP contribution in [-0.2, 0) is 18.8 Å². The molecule has 3 nitrogen and oxygen atoms in total. The number of pyridine rings is 2. The molecule has 0 aliphatic rings. The maximum Gasteiger partial charge on any atom is 0.417 e. The third kappa shape index (κ3) is 9.28. The maximum absolute atomic E-state index is 13.1. The number of hydrogen-bond acceptors (Lipinski definition) is 3. The fraction of sp³-hybridized carbons (Fsp3) is 0.143. The highest BCUT2D eigenvalue weighted by atomic mass is 79.9. The molecule has 0 spiro atoms. The van der Waals surface area contributed by atoms with Crippen molar-refractivity contribution < 1.29 is 26.3 Å². The SMILES string of the molecule is Brc1ccccc1.Cc1cc(C(F)(F)F)c2ccc(Cc3ccccc3)cc2n1.Cc1cc(C(F)(F)F)c2ccc(N)cc2n1. The van der Waals surface area contributed by atoms with Gasteiger partial charge in [0, 0.05) is 32.3 Å². The number of nitrogens with two attached hydrogens (primary N) is 1. The summed E-state index contributed by atoms with van der Waals surface area (Å²) in [5.74, 6) is 0. The molecule has 0 aliphatic carbocycles. The van der Waals surface area contributed by atoms with Gasteiger partial charge in [0.05, 0.1) is 22.2 Å². The van der Waals surface area contributed by atoms with E-state index in [1.807, 2.05) is 60.7 Å². The Hall–Kier alpha value is -4.44. The van der Waals surface area contributed by atoms with Crippen molar-refractivity contribution in [1.29, 1.82) is 0 Å². The molecule has 45 heavy (non-hydrogen) atoms. The van der Waals surface area contributed by atoms with Crippen LogP contribution in [0.15, 0.2) is 114 Å². The maximum atomic E-state index is 13.1. The Morgan fingerprint density at radius 3 is 1.51 bits per heavy atom. The smallest absolute Gasteiger partial charge is 0.399 e. The van der Waals surface area contributed by atoms with Gasteiger partial charge in [0.15, 0.2) is 0 Å². The van der Waals surface area contributed by atoms with Crippen molar-refractivity contribution in [2.24, 2.45) is 0 Å². The van der Waals surface area contributed by atoms with Crippen LogP contribution in [0.25, 0.3) is 21.8 Å². The summed E-state index contributed by atoms with van der Waals surface area (Å²) in [5, 5.41) is 0.224. The lowest BCUT2D eigenvalue weighted by Crippen LogP contribution is -2.07. The van der Waals surface area contributed by atoms with Gasteiger partial charge in [-0.2, -0.15) is 26.3 Å². The number of halogens is 7. The minimum absolute atomic E-state index is 0.0762. The first-order chi connectivity index (χ1) is 21.2. The van der Waals surface area contributed by atoms with Gasteiger partial charge in [-0.05, 0) is 73.9 Å². The number of benzene rings is 4. The normalized spacial score (nSPS) is 11.4. The number of nitrogens with zero attached hydrogens (tertiary/aromatic N) is 2. The van der Waals surface area contributed by atoms with Crippen molar-refractivity contribution in [3.8, 4) is 0 Å². The van der Waals surface area contributed by atoms with Crippen LogP contribution in [-0.4, -0.2) is 9.97 Å². The number of nitrogen functional groups attached to an aromatic ring is 1. The predicted octanol–water partition coefficient (Wildman–Crippen LogP) is 10.7. The lowest BCUT2D eigenvalue weighted by atomic mass is 10.0. The minimum atomic E-state index is -4.37. The number of fused-ring (bicyclic) bond motifs is 2. The molecule has 2 N–H and O–H groups in total. The van der Waals surface area contributed by atoms with Crippen LogP contribution >= 0.6 is 15.9 Å². The van der Waals surface area contributed by atoms with Crippen LogP contribution in [0.1, 0.15) is 33.6 Å². The highest BCUT2D eigenvalue weighted by Crippen LogP contribution is 2.36. The molecule has 6 rings (SSSR count). The number of hydrogen-bond donors (Lipinski definition) is 1. The highest BCUT2D eigenvalue weighted by molar-refractivity contribution is 9.10. The summed E-state index contributed by atoms with van der Waals surface area (Å²) in [6, 6.07) is 31.1. The molecule has 0 aliphatic heterocycles. The van der Waals surface area contributed by atoms with Gasteiger partial charge in [-0.25, -0.2) is 0 Å². The molecule has 0 radical (unpaired) electrons. The van der Waals surface area contributed by atoms with E-state index in [1.54, 1.807) is 19.1 Å². The molecule has 2 heterocycles. The van der Waals surface area contributed by atoms with E-state index in [1.165, 1.54) is 31.2 Å². The molecule has 4 aromatic carbocycles. The first-order valence-electron chi connectivity index (χ1n) is 13.7. The van der Waals surface area contributed by atoms with E-state index in [-0.39, 0.29) is 16.3 Å². The largest absolute Gasteiger partial charge is 0.417 e. The standard InChI is InChI=1S/C18H14F3N.C11H9F3N2.C6H5Br/c1-12-9-16(18(19,20)21)15-8-7-14(11-17(15)22-12)10-13-5-3-2-4-6-13;1-6-4-9(11(12,13)14)8-3-2-7(15)5-10(8)16-6;7-6-4-2-1-3-5-6/h2-9,11H,10H2,1H3;2-5H,15H2,1H3;1-5H. The summed E-state index contributed by atoms with van der Waals surface area (Å²) >= 11 is 3.31. The molecule has 0 saturated carbocycles. The summed E-state index contributed by atoms with van der Waals surface area (Å²) in [7, 11) is 0. The Kier molecular flexibility index (Phi) is 10.5. The van der Waals surface area contributed by atoms with Gasteiger partial charge in [-0.3, -0.25) is 9.97 Å².